The molecule has 0 N–H and O–H groups in total. The molecule has 0 heterocycles. The Morgan fingerprint density at radius 3 is 2.16 bits per heavy atom. The Bertz CT molecular complexity index is 606. The third kappa shape index (κ3) is 5.46. The van der Waals surface area contributed by atoms with Gasteiger partial charge in [-0.2, -0.15) is 21.6 Å². The molecule has 0 fully saturated rings. The van der Waals surface area contributed by atoms with Crippen LogP contribution in [-0.4, -0.2) is 27.8 Å². The van der Waals surface area contributed by atoms with E-state index in [0.717, 1.165) is 19.3 Å². The molecule has 1 unspecified atom stereocenters. The lowest BCUT2D eigenvalue weighted by Gasteiger charge is -2.45. The van der Waals surface area contributed by atoms with Crippen molar-refractivity contribution in [1.82, 2.24) is 0 Å². The second kappa shape index (κ2) is 7.23. The third-order valence-electron chi connectivity index (χ3n) is 4.98. The molecule has 0 saturated heterocycles. The molecule has 25 heavy (non-hydrogen) atoms. The molecule has 0 aromatic heterocycles. The molecule has 0 aromatic rings. The minimum atomic E-state index is -5.72. The maximum atomic E-state index is 12.8. The van der Waals surface area contributed by atoms with Crippen LogP contribution in [0.3, 0.4) is 0 Å². The van der Waals surface area contributed by atoms with Gasteiger partial charge in [0, 0.05) is 0 Å². The van der Waals surface area contributed by atoms with Crippen molar-refractivity contribution in [3.05, 3.63) is 11.8 Å². The van der Waals surface area contributed by atoms with Gasteiger partial charge < -0.3 is 8.61 Å². The molecule has 0 aliphatic heterocycles. The van der Waals surface area contributed by atoms with Crippen molar-refractivity contribution >= 4 is 18.4 Å². The first-order chi connectivity index (χ1) is 11.0. The second-order valence-corrected chi connectivity index (χ2v) is 14.5. The fourth-order valence-corrected chi connectivity index (χ4v) is 4.67. The number of rotatable bonds is 4. The van der Waals surface area contributed by atoms with Crippen LogP contribution in [0.2, 0.25) is 18.1 Å². The minimum absolute atomic E-state index is 0.174. The van der Waals surface area contributed by atoms with E-state index in [2.05, 4.69) is 4.18 Å². The van der Waals surface area contributed by atoms with Crippen molar-refractivity contribution in [3.63, 3.8) is 0 Å². The van der Waals surface area contributed by atoms with Crippen LogP contribution >= 0.6 is 0 Å². The third-order valence-corrected chi connectivity index (χ3v) is 10.5. The maximum absolute atomic E-state index is 12.8. The standard InChI is InChI=1S/C16H29F3O4SSi/c1-14(2,3)25(5,6)23-15(4)12-10-8-7-9-11-13(15)22-24(20,21)16(17,18)19/h11H,7-10,12H2,1-6H3. The van der Waals surface area contributed by atoms with Gasteiger partial charge in [-0.15, -0.1) is 0 Å². The molecule has 9 heteroatoms. The highest BCUT2D eigenvalue weighted by atomic mass is 32.2. The Balaban J connectivity index is 3.28. The average Bonchev–Trinajstić information content (AvgIpc) is 2.36. The number of hydrogen-bond donors (Lipinski definition) is 0. The second-order valence-electron chi connectivity index (χ2n) is 8.24. The lowest BCUT2D eigenvalue weighted by Crippen LogP contribution is -2.50. The van der Waals surface area contributed by atoms with Gasteiger partial charge >= 0.3 is 15.6 Å². The smallest absolute Gasteiger partial charge is 0.404 e. The Morgan fingerprint density at radius 2 is 1.68 bits per heavy atom. The number of halogens is 3. The maximum Gasteiger partial charge on any atom is 0.534 e. The summed E-state index contributed by atoms with van der Waals surface area (Å²) in [5.74, 6) is -0.241. The first kappa shape index (κ1) is 22.5. The first-order valence-corrected chi connectivity index (χ1v) is 12.8. The molecule has 0 bridgehead atoms. The molecule has 1 aliphatic carbocycles. The zero-order chi connectivity index (χ0) is 19.7. The lowest BCUT2D eigenvalue weighted by molar-refractivity contribution is -0.0549. The van der Waals surface area contributed by atoms with E-state index < -0.39 is 29.5 Å². The molecular formula is C16H29F3O4SSi. The van der Waals surface area contributed by atoms with Gasteiger partial charge in [-0.05, 0) is 50.4 Å². The molecule has 1 atom stereocenters. The van der Waals surface area contributed by atoms with Crippen LogP contribution in [0.4, 0.5) is 13.2 Å². The van der Waals surface area contributed by atoms with Crippen molar-refractivity contribution in [2.75, 3.05) is 0 Å². The Labute approximate surface area is 150 Å². The number of alkyl halides is 3. The van der Waals surface area contributed by atoms with Crippen molar-refractivity contribution in [2.24, 2.45) is 0 Å². The largest absolute Gasteiger partial charge is 0.534 e. The van der Waals surface area contributed by atoms with Crippen molar-refractivity contribution in [3.8, 4) is 0 Å². The van der Waals surface area contributed by atoms with Crippen molar-refractivity contribution in [1.29, 1.82) is 0 Å². The topological polar surface area (TPSA) is 52.6 Å². The van der Waals surface area contributed by atoms with Gasteiger partial charge in [-0.1, -0.05) is 33.6 Å². The molecular weight excluding hydrogens is 373 g/mol. The summed E-state index contributed by atoms with van der Waals surface area (Å²) >= 11 is 0. The van der Waals surface area contributed by atoms with Crippen LogP contribution < -0.4 is 0 Å². The summed E-state index contributed by atoms with van der Waals surface area (Å²) in [5, 5.41) is -0.174. The van der Waals surface area contributed by atoms with Gasteiger partial charge in [-0.3, -0.25) is 0 Å². The normalized spacial score (nSPS) is 24.3. The zero-order valence-electron chi connectivity index (χ0n) is 15.8. The van der Waals surface area contributed by atoms with Crippen LogP contribution in [0, 0.1) is 0 Å². The summed E-state index contributed by atoms with van der Waals surface area (Å²) in [6, 6.07) is 0. The fraction of sp³-hybridized carbons (Fsp3) is 0.875. The molecule has 0 radical (unpaired) electrons. The van der Waals surface area contributed by atoms with E-state index in [4.69, 9.17) is 4.43 Å². The van der Waals surface area contributed by atoms with Crippen molar-refractivity contribution in [2.45, 2.75) is 89.0 Å². The van der Waals surface area contributed by atoms with E-state index in [1.807, 2.05) is 33.9 Å². The SMILES string of the molecule is CC1(O[Si](C)(C)C(C)(C)C)CCCCCC=C1OS(=O)(=O)C(F)(F)F. The molecule has 4 nitrogen and oxygen atoms in total. The highest BCUT2D eigenvalue weighted by molar-refractivity contribution is 7.87. The van der Waals surface area contributed by atoms with Crippen LogP contribution in [0.25, 0.3) is 0 Å². The Kier molecular flexibility index (Phi) is 6.50. The predicted molar refractivity (Wildman–Crippen MR) is 93.9 cm³/mol. The van der Waals surface area contributed by atoms with Gasteiger partial charge in [0.15, 0.2) is 8.32 Å². The van der Waals surface area contributed by atoms with Gasteiger partial charge in [0.2, 0.25) is 0 Å². The summed E-state index contributed by atoms with van der Waals surface area (Å²) in [6.45, 7) is 11.6. The van der Waals surface area contributed by atoms with E-state index in [9.17, 15) is 21.6 Å². The summed E-state index contributed by atoms with van der Waals surface area (Å²) < 4.78 is 72.3. The Hall–Kier alpha value is -0.543. The zero-order valence-corrected chi connectivity index (χ0v) is 17.6. The molecule has 0 aromatic carbocycles. The summed E-state index contributed by atoms with van der Waals surface area (Å²) in [4.78, 5) is 0. The van der Waals surface area contributed by atoms with Gasteiger partial charge in [-0.25, -0.2) is 0 Å². The minimum Gasteiger partial charge on any atom is -0.404 e. The first-order valence-electron chi connectivity index (χ1n) is 8.43. The predicted octanol–water partition coefficient (Wildman–Crippen LogP) is 5.48. The van der Waals surface area contributed by atoms with E-state index in [-0.39, 0.29) is 10.8 Å². The van der Waals surface area contributed by atoms with Gasteiger partial charge in [0.25, 0.3) is 0 Å². The molecule has 0 spiro atoms. The fourth-order valence-electron chi connectivity index (χ4n) is 2.46. The molecule has 1 aliphatic rings. The molecule has 0 saturated carbocycles. The molecule has 0 amide bonds. The average molecular weight is 403 g/mol. The van der Waals surface area contributed by atoms with E-state index >= 15 is 0 Å². The van der Waals surface area contributed by atoms with Gasteiger partial charge in [0.1, 0.15) is 11.4 Å². The Morgan fingerprint density at radius 1 is 1.12 bits per heavy atom. The summed E-state index contributed by atoms with van der Waals surface area (Å²) in [5.41, 5.74) is -6.66. The van der Waals surface area contributed by atoms with E-state index in [1.54, 1.807) is 6.92 Å². The van der Waals surface area contributed by atoms with Crippen LogP contribution in [0.5, 0.6) is 0 Å². The summed E-state index contributed by atoms with van der Waals surface area (Å²) in [6.07, 6.45) is 4.73. The van der Waals surface area contributed by atoms with Gasteiger partial charge in [0.05, 0.1) is 0 Å². The monoisotopic (exact) mass is 402 g/mol. The van der Waals surface area contributed by atoms with Crippen molar-refractivity contribution < 1.29 is 30.2 Å². The van der Waals surface area contributed by atoms with Crippen LogP contribution in [0.15, 0.2) is 11.8 Å². The number of hydrogen-bond acceptors (Lipinski definition) is 4. The van der Waals surface area contributed by atoms with Crippen LogP contribution in [-0.2, 0) is 18.7 Å². The summed E-state index contributed by atoms with van der Waals surface area (Å²) in [7, 11) is -8.08. The molecule has 1 rings (SSSR count). The molecule has 148 valence electrons. The lowest BCUT2D eigenvalue weighted by atomic mass is 9.92. The number of allylic oxidation sites excluding steroid dienone is 1. The quantitative estimate of drug-likeness (QED) is 0.355. The highest BCUT2D eigenvalue weighted by Gasteiger charge is 2.52. The van der Waals surface area contributed by atoms with E-state index in [0.29, 0.717) is 12.8 Å². The van der Waals surface area contributed by atoms with E-state index in [1.165, 1.54) is 6.08 Å². The van der Waals surface area contributed by atoms with Crippen LogP contribution in [0.1, 0.15) is 59.8 Å². The highest BCUT2D eigenvalue weighted by Crippen LogP contribution is 2.44.